The minimum Gasteiger partial charge on any atom is -1.00 e. The van der Waals surface area contributed by atoms with Gasteiger partial charge >= 0.3 is 19.5 Å². The maximum Gasteiger partial charge on any atom is 2.00 e. The van der Waals surface area contributed by atoms with Gasteiger partial charge in [-0.15, -0.1) is 0 Å². The zero-order valence-electron chi connectivity index (χ0n) is 9.05. The van der Waals surface area contributed by atoms with Crippen molar-refractivity contribution < 1.29 is 47.0 Å². The Kier molecular flexibility index (Phi) is 14.1. The molecule has 1 aromatic rings. The maximum absolute atomic E-state index is 10.4. The van der Waals surface area contributed by atoms with Crippen LogP contribution < -0.4 is 12.4 Å². The molecule has 0 aliphatic carbocycles. The Morgan fingerprint density at radius 3 is 2.38 bits per heavy atom. The van der Waals surface area contributed by atoms with Crippen molar-refractivity contribution in [3.8, 4) is 0 Å². The molecule has 8 heteroatoms. The van der Waals surface area contributed by atoms with Gasteiger partial charge in [0.1, 0.15) is 0 Å². The normalized spacial score (nSPS) is 7.75. The smallest absolute Gasteiger partial charge is 1.00 e. The van der Waals surface area contributed by atoms with Crippen molar-refractivity contribution in [2.24, 2.45) is 0 Å². The third-order valence-corrected chi connectivity index (χ3v) is 1.63. The molecule has 0 bridgehead atoms. The second-order valence-corrected chi connectivity index (χ2v) is 2.32. The number of hydrogen-bond acceptors (Lipinski definition) is 5. The van der Waals surface area contributed by atoms with E-state index in [0.717, 1.165) is 7.11 Å². The average molecular weight is 301 g/mol. The number of pyridine rings is 1. The van der Waals surface area contributed by atoms with Gasteiger partial charge in [-0.1, -0.05) is 0 Å². The van der Waals surface area contributed by atoms with Gasteiger partial charge in [0.25, 0.3) is 5.69 Å². The largest absolute Gasteiger partial charge is 2.00 e. The standard InChI is InChI=1S/C7H8N2O3.CH4O.ClH.Zn/c1-5-6(4-10)8-3-2-7(5)9(11)12;1-2;;/h2-3,10H,4H2,1H3;2H,1H3;1H;/q;;;+2/p-1. The minimum absolute atomic E-state index is 0. The summed E-state index contributed by atoms with van der Waals surface area (Å²) in [7, 11) is 1.00. The summed E-state index contributed by atoms with van der Waals surface area (Å²) in [6.45, 7) is 1.30. The van der Waals surface area contributed by atoms with Crippen LogP contribution in [0.2, 0.25) is 0 Å². The molecule has 16 heavy (non-hydrogen) atoms. The zero-order chi connectivity index (χ0) is 11.1. The third kappa shape index (κ3) is 5.46. The van der Waals surface area contributed by atoms with Crippen LogP contribution >= 0.6 is 0 Å². The quantitative estimate of drug-likeness (QED) is 0.355. The first-order chi connectivity index (χ1) is 6.66. The molecule has 1 rings (SSSR count). The number of aromatic nitrogens is 1. The van der Waals surface area contributed by atoms with E-state index in [1.54, 1.807) is 6.92 Å². The molecule has 0 fully saturated rings. The molecule has 0 aliphatic heterocycles. The Morgan fingerprint density at radius 1 is 1.50 bits per heavy atom. The molecular weight excluding hydrogens is 289 g/mol. The summed E-state index contributed by atoms with van der Waals surface area (Å²) in [6, 6.07) is 1.31. The maximum atomic E-state index is 10.4. The average Bonchev–Trinajstić information content (AvgIpc) is 2.21. The van der Waals surface area contributed by atoms with Crippen molar-refractivity contribution in [2.75, 3.05) is 7.11 Å². The number of hydrogen-bond donors (Lipinski definition) is 2. The first kappa shape index (κ1) is 20.8. The van der Waals surface area contributed by atoms with Crippen LogP contribution in [0.25, 0.3) is 0 Å². The predicted octanol–water partition coefficient (Wildman–Crippen LogP) is -2.60. The molecule has 0 unspecified atom stereocenters. The van der Waals surface area contributed by atoms with Crippen molar-refractivity contribution in [3.63, 3.8) is 0 Å². The van der Waals surface area contributed by atoms with Crippen LogP contribution in [-0.2, 0) is 26.1 Å². The summed E-state index contributed by atoms with van der Waals surface area (Å²) in [5, 5.41) is 26.1. The second kappa shape index (κ2) is 10.9. The number of nitrogens with zero attached hydrogens (tertiary/aromatic N) is 2. The van der Waals surface area contributed by atoms with E-state index in [1.807, 2.05) is 0 Å². The van der Waals surface area contributed by atoms with Gasteiger partial charge in [-0.3, -0.25) is 15.1 Å². The summed E-state index contributed by atoms with van der Waals surface area (Å²) < 4.78 is 0. The van der Waals surface area contributed by atoms with E-state index in [1.165, 1.54) is 12.3 Å². The fourth-order valence-electron chi connectivity index (χ4n) is 0.925. The van der Waals surface area contributed by atoms with Gasteiger partial charge in [0.2, 0.25) is 0 Å². The van der Waals surface area contributed by atoms with Gasteiger partial charge in [0.15, 0.2) is 0 Å². The number of halogens is 1. The van der Waals surface area contributed by atoms with Crippen LogP contribution in [0.4, 0.5) is 5.69 Å². The molecule has 0 saturated carbocycles. The monoisotopic (exact) mass is 299 g/mol. The summed E-state index contributed by atoms with van der Waals surface area (Å²) in [4.78, 5) is 13.7. The first-order valence-electron chi connectivity index (χ1n) is 3.81. The van der Waals surface area contributed by atoms with Crippen molar-refractivity contribution in [1.29, 1.82) is 0 Å². The van der Waals surface area contributed by atoms with Gasteiger partial charge in [-0.25, -0.2) is 0 Å². The van der Waals surface area contributed by atoms with Gasteiger partial charge in [0, 0.05) is 19.4 Å². The Labute approximate surface area is 112 Å². The van der Waals surface area contributed by atoms with E-state index in [-0.39, 0.29) is 44.2 Å². The molecule has 6 nitrogen and oxygen atoms in total. The Morgan fingerprint density at radius 2 is 2.00 bits per heavy atom. The van der Waals surface area contributed by atoms with E-state index in [9.17, 15) is 10.1 Å². The van der Waals surface area contributed by atoms with Crippen molar-refractivity contribution in [3.05, 3.63) is 33.6 Å². The molecule has 1 heterocycles. The SMILES string of the molecule is CO.Cc1c([N+](=O)[O-])ccnc1CO.[Cl-].[Zn+2]. The Hall–Kier alpha value is -0.617. The van der Waals surface area contributed by atoms with E-state index in [0.29, 0.717) is 11.3 Å². The molecule has 0 saturated heterocycles. The second-order valence-electron chi connectivity index (χ2n) is 2.32. The molecule has 1 aromatic heterocycles. The Balaban J connectivity index is -0.000000399. The van der Waals surface area contributed by atoms with E-state index in [2.05, 4.69) is 4.98 Å². The van der Waals surface area contributed by atoms with Gasteiger partial charge < -0.3 is 22.6 Å². The van der Waals surface area contributed by atoms with E-state index < -0.39 is 4.92 Å². The molecule has 2 N–H and O–H groups in total. The summed E-state index contributed by atoms with van der Waals surface area (Å²) in [5.74, 6) is 0. The van der Waals surface area contributed by atoms with Crippen LogP contribution in [0.1, 0.15) is 11.3 Å². The van der Waals surface area contributed by atoms with Crippen molar-refractivity contribution in [2.45, 2.75) is 13.5 Å². The molecule has 0 atom stereocenters. The predicted molar refractivity (Wildman–Crippen MR) is 49.7 cm³/mol. The van der Waals surface area contributed by atoms with Crippen molar-refractivity contribution in [1.82, 2.24) is 4.98 Å². The molecular formula is C8H12ClN2O4Zn+. The fourth-order valence-corrected chi connectivity index (χ4v) is 0.925. The summed E-state index contributed by atoms with van der Waals surface area (Å²) >= 11 is 0. The van der Waals surface area contributed by atoms with E-state index in [4.69, 9.17) is 10.2 Å². The van der Waals surface area contributed by atoms with Crippen LogP contribution in [-0.4, -0.2) is 27.2 Å². The molecule has 0 aliphatic rings. The Bertz CT molecular complexity index is 325. The van der Waals surface area contributed by atoms with Crippen molar-refractivity contribution >= 4 is 5.69 Å². The minimum atomic E-state index is -0.490. The topological polar surface area (TPSA) is 96.5 Å². The molecule has 86 valence electrons. The fraction of sp³-hybridized carbons (Fsp3) is 0.375. The van der Waals surface area contributed by atoms with Crippen LogP contribution in [0.15, 0.2) is 12.3 Å². The summed E-state index contributed by atoms with van der Waals surface area (Å²) in [5.41, 5.74) is 0.767. The van der Waals surface area contributed by atoms with Gasteiger partial charge in [-0.05, 0) is 6.92 Å². The number of aliphatic hydroxyl groups is 2. The van der Waals surface area contributed by atoms with Crippen LogP contribution in [0.5, 0.6) is 0 Å². The van der Waals surface area contributed by atoms with Gasteiger partial charge in [0.05, 0.1) is 22.8 Å². The number of rotatable bonds is 2. The molecule has 0 amide bonds. The number of nitro groups is 1. The van der Waals surface area contributed by atoms with Gasteiger partial charge in [-0.2, -0.15) is 0 Å². The zero-order valence-corrected chi connectivity index (χ0v) is 12.8. The van der Waals surface area contributed by atoms with E-state index >= 15 is 0 Å². The summed E-state index contributed by atoms with van der Waals surface area (Å²) in [6.07, 6.45) is 1.32. The van der Waals surface area contributed by atoms with Crippen LogP contribution in [0, 0.1) is 17.0 Å². The molecule has 0 spiro atoms. The molecule has 0 aromatic carbocycles. The third-order valence-electron chi connectivity index (χ3n) is 1.63. The number of aliphatic hydroxyl groups excluding tert-OH is 2. The molecule has 0 radical (unpaired) electrons. The van der Waals surface area contributed by atoms with Crippen LogP contribution in [0.3, 0.4) is 0 Å². The first-order valence-corrected chi connectivity index (χ1v) is 3.81.